The van der Waals surface area contributed by atoms with Crippen molar-refractivity contribution in [2.75, 3.05) is 11.5 Å². The SMILES string of the molecule is CC(C)Cc1ccc(CN[C@@H]2CS(=O)(=O)C[C@@H]2C)cn1. The van der Waals surface area contributed by atoms with Crippen LogP contribution in [0.15, 0.2) is 18.3 Å². The zero-order valence-corrected chi connectivity index (χ0v) is 13.3. The Hall–Kier alpha value is -0.940. The second kappa shape index (κ2) is 6.22. The first kappa shape index (κ1) is 15.4. The molecule has 1 aliphatic rings. The Morgan fingerprint density at radius 1 is 1.35 bits per heavy atom. The standard InChI is InChI=1S/C15H24N2O2S/c1-11(2)6-14-5-4-13(7-16-14)8-17-15-10-20(18,19)9-12(15)3/h4-5,7,11-12,15,17H,6,8-10H2,1-3H3/t12-,15+/m0/s1. The molecule has 4 nitrogen and oxygen atoms in total. The highest BCUT2D eigenvalue weighted by Crippen LogP contribution is 2.19. The minimum atomic E-state index is -2.85. The van der Waals surface area contributed by atoms with Gasteiger partial charge in [-0.2, -0.15) is 0 Å². The number of hydrogen-bond acceptors (Lipinski definition) is 4. The third kappa shape index (κ3) is 4.28. The number of rotatable bonds is 5. The summed E-state index contributed by atoms with van der Waals surface area (Å²) in [5.41, 5.74) is 2.22. The number of nitrogens with zero attached hydrogens (tertiary/aromatic N) is 1. The number of nitrogens with one attached hydrogen (secondary N) is 1. The number of aromatic nitrogens is 1. The largest absolute Gasteiger partial charge is 0.309 e. The van der Waals surface area contributed by atoms with Crippen molar-refractivity contribution < 1.29 is 8.42 Å². The van der Waals surface area contributed by atoms with Crippen molar-refractivity contribution in [2.45, 2.75) is 39.8 Å². The lowest BCUT2D eigenvalue weighted by Gasteiger charge is -2.15. The predicted octanol–water partition coefficient (Wildman–Crippen LogP) is 1.80. The Balaban J connectivity index is 1.88. The van der Waals surface area contributed by atoms with E-state index in [4.69, 9.17) is 0 Å². The van der Waals surface area contributed by atoms with Crippen molar-refractivity contribution in [3.8, 4) is 0 Å². The second-order valence-electron chi connectivity index (χ2n) is 6.30. The van der Waals surface area contributed by atoms with Crippen LogP contribution in [0.25, 0.3) is 0 Å². The molecule has 0 unspecified atom stereocenters. The predicted molar refractivity (Wildman–Crippen MR) is 81.2 cm³/mol. The molecule has 2 atom stereocenters. The van der Waals surface area contributed by atoms with Gasteiger partial charge in [0.25, 0.3) is 0 Å². The van der Waals surface area contributed by atoms with Gasteiger partial charge in [0.05, 0.1) is 11.5 Å². The molecule has 0 aromatic carbocycles. The van der Waals surface area contributed by atoms with E-state index in [1.54, 1.807) is 0 Å². The Labute approximate surface area is 121 Å². The van der Waals surface area contributed by atoms with Crippen LogP contribution in [0, 0.1) is 11.8 Å². The summed E-state index contributed by atoms with van der Waals surface area (Å²) in [6.45, 7) is 7.03. The van der Waals surface area contributed by atoms with Gasteiger partial charge in [0, 0.05) is 24.5 Å². The van der Waals surface area contributed by atoms with Crippen LogP contribution in [0.4, 0.5) is 0 Å². The second-order valence-corrected chi connectivity index (χ2v) is 8.45. The van der Waals surface area contributed by atoms with Crippen molar-refractivity contribution >= 4 is 9.84 Å². The van der Waals surface area contributed by atoms with E-state index in [1.165, 1.54) is 0 Å². The van der Waals surface area contributed by atoms with Gasteiger partial charge in [-0.3, -0.25) is 4.98 Å². The number of sulfone groups is 1. The quantitative estimate of drug-likeness (QED) is 0.900. The first-order chi connectivity index (χ1) is 9.35. The Morgan fingerprint density at radius 2 is 2.10 bits per heavy atom. The molecule has 0 saturated carbocycles. The summed E-state index contributed by atoms with van der Waals surface area (Å²) in [5.74, 6) is 1.35. The van der Waals surface area contributed by atoms with Crippen LogP contribution < -0.4 is 5.32 Å². The lowest BCUT2D eigenvalue weighted by atomic mass is 10.1. The van der Waals surface area contributed by atoms with Gasteiger partial charge in [0.2, 0.25) is 0 Å². The van der Waals surface area contributed by atoms with E-state index < -0.39 is 9.84 Å². The van der Waals surface area contributed by atoms with Crippen LogP contribution >= 0.6 is 0 Å². The molecule has 1 N–H and O–H groups in total. The van der Waals surface area contributed by atoms with Crippen LogP contribution in [0.3, 0.4) is 0 Å². The molecule has 2 rings (SSSR count). The third-order valence-corrected chi connectivity index (χ3v) is 5.61. The molecule has 0 amide bonds. The molecule has 0 radical (unpaired) electrons. The third-order valence-electron chi connectivity index (χ3n) is 3.71. The van der Waals surface area contributed by atoms with E-state index in [-0.39, 0.29) is 17.7 Å². The van der Waals surface area contributed by atoms with Crippen LogP contribution in [0.2, 0.25) is 0 Å². The van der Waals surface area contributed by atoms with Crippen LogP contribution in [-0.2, 0) is 22.8 Å². The van der Waals surface area contributed by atoms with Crippen molar-refractivity contribution in [1.82, 2.24) is 10.3 Å². The normalized spacial score (nSPS) is 25.2. The summed E-state index contributed by atoms with van der Waals surface area (Å²) in [5, 5.41) is 3.34. The minimum Gasteiger partial charge on any atom is -0.309 e. The molecule has 112 valence electrons. The molecule has 1 aromatic rings. The molecule has 1 fully saturated rings. The number of hydrogen-bond donors (Lipinski definition) is 1. The summed E-state index contributed by atoms with van der Waals surface area (Å²) in [6, 6.07) is 4.20. The van der Waals surface area contributed by atoms with Gasteiger partial charge < -0.3 is 5.32 Å². The van der Waals surface area contributed by atoms with Crippen molar-refractivity contribution in [3.63, 3.8) is 0 Å². The van der Waals surface area contributed by atoms with E-state index in [0.29, 0.717) is 18.2 Å². The zero-order chi connectivity index (χ0) is 14.8. The summed E-state index contributed by atoms with van der Waals surface area (Å²) in [6.07, 6.45) is 2.88. The maximum atomic E-state index is 11.6. The van der Waals surface area contributed by atoms with Gasteiger partial charge in [-0.25, -0.2) is 8.42 Å². The Kier molecular flexibility index (Phi) is 4.81. The highest BCUT2D eigenvalue weighted by molar-refractivity contribution is 7.91. The monoisotopic (exact) mass is 296 g/mol. The maximum Gasteiger partial charge on any atom is 0.152 e. The average molecular weight is 296 g/mol. The van der Waals surface area contributed by atoms with Gasteiger partial charge in [-0.15, -0.1) is 0 Å². The highest BCUT2D eigenvalue weighted by Gasteiger charge is 2.34. The smallest absolute Gasteiger partial charge is 0.152 e. The fraction of sp³-hybridized carbons (Fsp3) is 0.667. The lowest BCUT2D eigenvalue weighted by molar-refractivity contribution is 0.453. The van der Waals surface area contributed by atoms with E-state index in [9.17, 15) is 8.42 Å². The van der Waals surface area contributed by atoms with E-state index in [2.05, 4.69) is 36.3 Å². The highest BCUT2D eigenvalue weighted by atomic mass is 32.2. The van der Waals surface area contributed by atoms with Crippen LogP contribution in [0.5, 0.6) is 0 Å². The zero-order valence-electron chi connectivity index (χ0n) is 12.5. The summed E-state index contributed by atoms with van der Waals surface area (Å²) in [7, 11) is -2.85. The van der Waals surface area contributed by atoms with E-state index >= 15 is 0 Å². The fourth-order valence-corrected chi connectivity index (χ4v) is 4.79. The van der Waals surface area contributed by atoms with E-state index in [1.807, 2.05) is 13.1 Å². The maximum absolute atomic E-state index is 11.6. The Morgan fingerprint density at radius 3 is 2.60 bits per heavy atom. The lowest BCUT2D eigenvalue weighted by Crippen LogP contribution is -2.34. The molecule has 1 aliphatic heterocycles. The average Bonchev–Trinajstić information content (AvgIpc) is 2.61. The van der Waals surface area contributed by atoms with Crippen LogP contribution in [-0.4, -0.2) is 30.9 Å². The number of pyridine rings is 1. The summed E-state index contributed by atoms with van der Waals surface area (Å²) in [4.78, 5) is 4.45. The minimum absolute atomic E-state index is 0.0651. The van der Waals surface area contributed by atoms with Crippen molar-refractivity contribution in [1.29, 1.82) is 0 Å². The molecule has 1 saturated heterocycles. The molecule has 20 heavy (non-hydrogen) atoms. The van der Waals surface area contributed by atoms with Crippen molar-refractivity contribution in [3.05, 3.63) is 29.6 Å². The van der Waals surface area contributed by atoms with Crippen LogP contribution in [0.1, 0.15) is 32.0 Å². The molecule has 2 heterocycles. The Bertz CT molecular complexity index is 537. The first-order valence-electron chi connectivity index (χ1n) is 7.23. The van der Waals surface area contributed by atoms with E-state index in [0.717, 1.165) is 17.7 Å². The molecule has 0 bridgehead atoms. The topological polar surface area (TPSA) is 59.1 Å². The molecular formula is C15H24N2O2S. The first-order valence-corrected chi connectivity index (χ1v) is 9.05. The van der Waals surface area contributed by atoms with Crippen molar-refractivity contribution in [2.24, 2.45) is 11.8 Å². The van der Waals surface area contributed by atoms with Gasteiger partial charge >= 0.3 is 0 Å². The molecule has 5 heteroatoms. The summed E-state index contributed by atoms with van der Waals surface area (Å²) < 4.78 is 23.1. The molecule has 1 aromatic heterocycles. The van der Waals surface area contributed by atoms with Gasteiger partial charge in [0.15, 0.2) is 9.84 Å². The van der Waals surface area contributed by atoms with Gasteiger partial charge in [-0.1, -0.05) is 26.8 Å². The summed E-state index contributed by atoms with van der Waals surface area (Å²) >= 11 is 0. The van der Waals surface area contributed by atoms with Gasteiger partial charge in [-0.05, 0) is 29.9 Å². The molecule has 0 spiro atoms. The molecule has 0 aliphatic carbocycles. The fourth-order valence-electron chi connectivity index (χ4n) is 2.63. The molecular weight excluding hydrogens is 272 g/mol. The van der Waals surface area contributed by atoms with Gasteiger partial charge in [0.1, 0.15) is 0 Å².